The molecule has 0 unspecified atom stereocenters. The molecule has 0 spiro atoms. The Kier molecular flexibility index (Phi) is 10.4. The summed E-state index contributed by atoms with van der Waals surface area (Å²) < 4.78 is 21.2. The van der Waals surface area contributed by atoms with Crippen LogP contribution in [0.2, 0.25) is 0 Å². The van der Waals surface area contributed by atoms with E-state index in [0.717, 1.165) is 17.5 Å². The number of nitrogens with zero attached hydrogens (tertiary/aromatic N) is 1. The number of likely N-dealkylation sites (tertiary alicyclic amines) is 1. The summed E-state index contributed by atoms with van der Waals surface area (Å²) in [4.78, 5) is 38.8. The fraction of sp³-hybridized carbons (Fsp3) is 0.444. The van der Waals surface area contributed by atoms with Crippen LogP contribution in [0.3, 0.4) is 0 Å². The number of rotatable bonds is 12. The SMILES string of the molecule is COc1ccc(CCOC(=O)[C@@H]2CCCN2C(=O)CCCNC(=O)OCc2ccccc2)cc1OC. The number of carbonyl (C=O) groups is 3. The summed E-state index contributed by atoms with van der Waals surface area (Å²) >= 11 is 0. The molecule has 0 aliphatic carbocycles. The van der Waals surface area contributed by atoms with Gasteiger partial charge in [0.15, 0.2) is 11.5 Å². The Balaban J connectivity index is 1.35. The maximum absolute atomic E-state index is 12.7. The number of methoxy groups -OCH3 is 2. The van der Waals surface area contributed by atoms with Crippen molar-refractivity contribution in [1.82, 2.24) is 10.2 Å². The highest BCUT2D eigenvalue weighted by molar-refractivity contribution is 5.85. The van der Waals surface area contributed by atoms with E-state index < -0.39 is 12.1 Å². The lowest BCUT2D eigenvalue weighted by Gasteiger charge is -2.23. The Bertz CT molecular complexity index is 1010. The van der Waals surface area contributed by atoms with Gasteiger partial charge in [-0.05, 0) is 42.5 Å². The van der Waals surface area contributed by atoms with E-state index in [1.165, 1.54) is 0 Å². The van der Waals surface area contributed by atoms with Crippen molar-refractivity contribution in [2.45, 2.75) is 44.8 Å². The largest absolute Gasteiger partial charge is 0.493 e. The van der Waals surface area contributed by atoms with Gasteiger partial charge in [-0.3, -0.25) is 4.79 Å². The molecular formula is C27H34N2O7. The number of alkyl carbamates (subject to hydrolysis) is 1. The van der Waals surface area contributed by atoms with Crippen LogP contribution >= 0.6 is 0 Å². The Hall–Kier alpha value is -3.75. The zero-order valence-electron chi connectivity index (χ0n) is 20.9. The molecule has 0 bridgehead atoms. The lowest BCUT2D eigenvalue weighted by atomic mass is 10.1. The first-order valence-electron chi connectivity index (χ1n) is 12.1. The summed E-state index contributed by atoms with van der Waals surface area (Å²) in [7, 11) is 3.15. The number of hydrogen-bond donors (Lipinski definition) is 1. The van der Waals surface area contributed by atoms with E-state index in [-0.39, 0.29) is 31.5 Å². The molecule has 1 aliphatic rings. The summed E-state index contributed by atoms with van der Waals surface area (Å²) in [6, 6.07) is 14.4. The van der Waals surface area contributed by atoms with Gasteiger partial charge in [-0.15, -0.1) is 0 Å². The van der Waals surface area contributed by atoms with Gasteiger partial charge in [0.1, 0.15) is 12.6 Å². The minimum Gasteiger partial charge on any atom is -0.493 e. The summed E-state index contributed by atoms with van der Waals surface area (Å²) in [5.41, 5.74) is 1.85. The van der Waals surface area contributed by atoms with Gasteiger partial charge in [0.2, 0.25) is 5.91 Å². The van der Waals surface area contributed by atoms with Gasteiger partial charge in [-0.2, -0.15) is 0 Å². The van der Waals surface area contributed by atoms with E-state index >= 15 is 0 Å². The molecule has 9 heteroatoms. The topological polar surface area (TPSA) is 103 Å². The van der Waals surface area contributed by atoms with Crippen molar-refractivity contribution in [2.75, 3.05) is 33.9 Å². The van der Waals surface area contributed by atoms with E-state index in [9.17, 15) is 14.4 Å². The molecule has 1 atom stereocenters. The third-order valence-corrected chi connectivity index (χ3v) is 5.98. The molecule has 1 N–H and O–H groups in total. The highest BCUT2D eigenvalue weighted by Crippen LogP contribution is 2.27. The van der Waals surface area contributed by atoms with Gasteiger partial charge in [0.25, 0.3) is 0 Å². The lowest BCUT2D eigenvalue weighted by molar-refractivity contribution is -0.153. The lowest BCUT2D eigenvalue weighted by Crippen LogP contribution is -2.41. The van der Waals surface area contributed by atoms with Crippen molar-refractivity contribution < 1.29 is 33.3 Å². The quantitative estimate of drug-likeness (QED) is 0.353. The second-order valence-corrected chi connectivity index (χ2v) is 8.44. The van der Waals surface area contributed by atoms with E-state index in [0.29, 0.717) is 43.9 Å². The van der Waals surface area contributed by atoms with E-state index in [4.69, 9.17) is 18.9 Å². The van der Waals surface area contributed by atoms with E-state index in [1.54, 1.807) is 19.1 Å². The predicted octanol–water partition coefficient (Wildman–Crippen LogP) is 3.49. The summed E-state index contributed by atoms with van der Waals surface area (Å²) in [5.74, 6) is 0.753. The number of amides is 2. The highest BCUT2D eigenvalue weighted by atomic mass is 16.5. The number of hydrogen-bond acceptors (Lipinski definition) is 7. The zero-order valence-corrected chi connectivity index (χ0v) is 20.9. The van der Waals surface area contributed by atoms with Gasteiger partial charge < -0.3 is 29.2 Å². The van der Waals surface area contributed by atoms with Crippen LogP contribution in [0.5, 0.6) is 11.5 Å². The molecule has 0 radical (unpaired) electrons. The molecule has 2 aromatic rings. The number of esters is 1. The third-order valence-electron chi connectivity index (χ3n) is 5.98. The molecule has 194 valence electrons. The molecule has 3 rings (SSSR count). The standard InChI is InChI=1S/C27H34N2O7/c1-33-23-13-12-20(18-24(23)34-2)14-17-35-26(31)22-10-7-16-29(22)25(30)11-6-15-28-27(32)36-19-21-8-4-3-5-9-21/h3-5,8-9,12-13,18,22H,6-7,10-11,14-17,19H2,1-2H3,(H,28,32)/t22-/m0/s1. The molecule has 36 heavy (non-hydrogen) atoms. The minimum absolute atomic E-state index is 0.117. The second kappa shape index (κ2) is 14.0. The molecule has 1 aliphatic heterocycles. The zero-order chi connectivity index (χ0) is 25.8. The molecule has 2 aromatic carbocycles. The van der Waals surface area contributed by atoms with Crippen LogP contribution in [0, 0.1) is 0 Å². The maximum atomic E-state index is 12.7. The average molecular weight is 499 g/mol. The van der Waals surface area contributed by atoms with E-state index in [2.05, 4.69) is 5.32 Å². The fourth-order valence-electron chi connectivity index (χ4n) is 4.06. The Morgan fingerprint density at radius 3 is 2.50 bits per heavy atom. The van der Waals surface area contributed by atoms with Crippen LogP contribution in [0.1, 0.15) is 36.8 Å². The van der Waals surface area contributed by atoms with Gasteiger partial charge in [-0.1, -0.05) is 36.4 Å². The highest BCUT2D eigenvalue weighted by Gasteiger charge is 2.34. The predicted molar refractivity (Wildman–Crippen MR) is 133 cm³/mol. The van der Waals surface area contributed by atoms with Gasteiger partial charge in [0.05, 0.1) is 20.8 Å². The Morgan fingerprint density at radius 1 is 0.972 bits per heavy atom. The number of carbonyl (C=O) groups excluding carboxylic acids is 3. The molecule has 1 saturated heterocycles. The van der Waals surface area contributed by atoms with Crippen molar-refractivity contribution in [3.05, 3.63) is 59.7 Å². The molecule has 1 fully saturated rings. The van der Waals surface area contributed by atoms with Crippen molar-refractivity contribution in [3.8, 4) is 11.5 Å². The Morgan fingerprint density at radius 2 is 1.75 bits per heavy atom. The molecule has 0 aromatic heterocycles. The first-order chi connectivity index (χ1) is 17.5. The van der Waals surface area contributed by atoms with Gasteiger partial charge >= 0.3 is 12.1 Å². The normalized spacial score (nSPS) is 14.7. The van der Waals surface area contributed by atoms with Crippen molar-refractivity contribution in [3.63, 3.8) is 0 Å². The van der Waals surface area contributed by atoms with Gasteiger partial charge in [-0.25, -0.2) is 9.59 Å². The summed E-state index contributed by atoms with van der Waals surface area (Å²) in [6.07, 6.45) is 2.03. The molecule has 0 saturated carbocycles. The molecule has 9 nitrogen and oxygen atoms in total. The number of benzene rings is 2. The van der Waals surface area contributed by atoms with Crippen LogP contribution in [-0.4, -0.2) is 62.8 Å². The minimum atomic E-state index is -0.563. The molecule has 1 heterocycles. The van der Waals surface area contributed by atoms with Crippen LogP contribution in [-0.2, 0) is 32.1 Å². The van der Waals surface area contributed by atoms with E-state index in [1.807, 2.05) is 48.5 Å². The first-order valence-corrected chi connectivity index (χ1v) is 12.1. The third kappa shape index (κ3) is 7.90. The van der Waals surface area contributed by atoms with Crippen LogP contribution in [0.15, 0.2) is 48.5 Å². The van der Waals surface area contributed by atoms with Crippen molar-refractivity contribution in [2.24, 2.45) is 0 Å². The average Bonchev–Trinajstić information content (AvgIpc) is 3.40. The Labute approximate surface area is 211 Å². The van der Waals surface area contributed by atoms with Crippen LogP contribution in [0.4, 0.5) is 4.79 Å². The summed E-state index contributed by atoms with van der Waals surface area (Å²) in [6.45, 7) is 1.24. The number of ether oxygens (including phenoxy) is 4. The van der Waals surface area contributed by atoms with Crippen molar-refractivity contribution >= 4 is 18.0 Å². The van der Waals surface area contributed by atoms with Crippen molar-refractivity contribution in [1.29, 1.82) is 0 Å². The molecule has 2 amide bonds. The maximum Gasteiger partial charge on any atom is 0.407 e. The smallest absolute Gasteiger partial charge is 0.407 e. The monoisotopic (exact) mass is 498 g/mol. The number of nitrogens with one attached hydrogen (secondary N) is 1. The van der Waals surface area contributed by atoms with Gasteiger partial charge in [0, 0.05) is 25.9 Å². The van der Waals surface area contributed by atoms with Crippen LogP contribution < -0.4 is 14.8 Å². The molecular weight excluding hydrogens is 464 g/mol. The second-order valence-electron chi connectivity index (χ2n) is 8.44. The first kappa shape index (κ1) is 26.8. The fourth-order valence-corrected chi connectivity index (χ4v) is 4.06. The summed E-state index contributed by atoms with van der Waals surface area (Å²) in [5, 5.41) is 2.65. The van der Waals surface area contributed by atoms with Crippen LogP contribution in [0.25, 0.3) is 0 Å².